The van der Waals surface area contributed by atoms with Crippen molar-refractivity contribution in [1.29, 1.82) is 0 Å². The number of rotatable bonds is 12. The van der Waals surface area contributed by atoms with E-state index in [-0.39, 0.29) is 0 Å². The Morgan fingerprint density at radius 1 is 0.686 bits per heavy atom. The average Bonchev–Trinajstić information content (AvgIpc) is 2.89. The van der Waals surface area contributed by atoms with E-state index in [2.05, 4.69) is 131 Å². The first-order valence-corrected chi connectivity index (χ1v) is 16.4. The van der Waals surface area contributed by atoms with Crippen molar-refractivity contribution in [2.45, 2.75) is 59.8 Å². The van der Waals surface area contributed by atoms with Gasteiger partial charge in [0.05, 0.1) is 0 Å². The van der Waals surface area contributed by atoms with Crippen LogP contribution in [-0.2, 0) is 0 Å². The SMILES string of the molecule is CC(=CCP(Cl)(c1ccccc1)(c1ccccc1)c1ccccc1)CCC=C(C)CCCC(C)C. The number of benzene rings is 3. The van der Waals surface area contributed by atoms with Gasteiger partial charge in [-0.25, -0.2) is 0 Å². The van der Waals surface area contributed by atoms with Gasteiger partial charge >= 0.3 is 219 Å². The van der Waals surface area contributed by atoms with Gasteiger partial charge in [0, 0.05) is 0 Å². The van der Waals surface area contributed by atoms with Crippen molar-refractivity contribution in [3.8, 4) is 0 Å². The third-order valence-electron chi connectivity index (χ3n) is 7.05. The molecule has 2 heteroatoms. The Morgan fingerprint density at radius 2 is 1.11 bits per heavy atom. The van der Waals surface area contributed by atoms with Gasteiger partial charge in [0.1, 0.15) is 0 Å². The second kappa shape index (κ2) is 12.7. The van der Waals surface area contributed by atoms with Crippen LogP contribution in [0, 0.1) is 5.92 Å². The van der Waals surface area contributed by atoms with Gasteiger partial charge in [-0.1, -0.05) is 0 Å². The molecule has 3 rings (SSSR count). The first kappa shape index (κ1) is 27.4. The molecule has 0 unspecified atom stereocenters. The van der Waals surface area contributed by atoms with Crippen LogP contribution in [0.3, 0.4) is 0 Å². The van der Waals surface area contributed by atoms with Crippen LogP contribution in [0.25, 0.3) is 0 Å². The number of allylic oxidation sites excluding steroid dienone is 4. The summed E-state index contributed by atoms with van der Waals surface area (Å²) in [7, 11) is 0. The van der Waals surface area contributed by atoms with Gasteiger partial charge in [0.15, 0.2) is 0 Å². The number of halogens is 1. The Hall–Kier alpha value is -2.14. The molecule has 0 fully saturated rings. The molecule has 186 valence electrons. The quantitative estimate of drug-likeness (QED) is 0.170. The summed E-state index contributed by atoms with van der Waals surface area (Å²) in [4.78, 5) is 0. The zero-order chi connectivity index (χ0) is 25.2. The van der Waals surface area contributed by atoms with E-state index in [1.165, 1.54) is 46.3 Å². The molecular formula is C33H42ClP. The molecule has 0 radical (unpaired) electrons. The van der Waals surface area contributed by atoms with Gasteiger partial charge in [-0.3, -0.25) is 0 Å². The van der Waals surface area contributed by atoms with E-state index >= 15 is 0 Å². The molecule has 0 saturated carbocycles. The summed E-state index contributed by atoms with van der Waals surface area (Å²) in [5.41, 5.74) is 2.93. The van der Waals surface area contributed by atoms with E-state index < -0.39 is 5.96 Å². The predicted molar refractivity (Wildman–Crippen MR) is 161 cm³/mol. The number of hydrogen-bond donors (Lipinski definition) is 0. The Bertz CT molecular complexity index is 998. The van der Waals surface area contributed by atoms with Crippen molar-refractivity contribution in [2.24, 2.45) is 5.92 Å². The van der Waals surface area contributed by atoms with Crippen LogP contribution in [0.1, 0.15) is 59.8 Å². The standard InChI is InChI=1S/C33H42ClP/c1-28(2)16-14-17-29(3)18-15-19-30(4)26-27-35(34,31-20-8-5-9-21-31,32-22-10-6-11-23-32)33-24-12-7-13-25-33/h5-13,18,20-26,28H,14-17,19,27H2,1-4H3. The van der Waals surface area contributed by atoms with Crippen molar-refractivity contribution >= 4 is 33.1 Å². The molecule has 0 heterocycles. The molecule has 35 heavy (non-hydrogen) atoms. The fraction of sp³-hybridized carbons (Fsp3) is 0.333. The van der Waals surface area contributed by atoms with E-state index in [4.69, 9.17) is 11.2 Å². The summed E-state index contributed by atoms with van der Waals surface area (Å²) in [6.45, 7) is 9.16. The van der Waals surface area contributed by atoms with E-state index in [0.29, 0.717) is 0 Å². The monoisotopic (exact) mass is 504 g/mol. The normalized spacial score (nSPS) is 14.1. The van der Waals surface area contributed by atoms with Gasteiger partial charge < -0.3 is 0 Å². The second-order valence-electron chi connectivity index (χ2n) is 10.3. The van der Waals surface area contributed by atoms with Crippen molar-refractivity contribution in [3.05, 3.63) is 114 Å². The molecular weight excluding hydrogens is 463 g/mol. The molecule has 0 bridgehead atoms. The molecule has 0 amide bonds. The molecule has 0 N–H and O–H groups in total. The Morgan fingerprint density at radius 3 is 1.54 bits per heavy atom. The molecule has 0 saturated heterocycles. The summed E-state index contributed by atoms with van der Waals surface area (Å²) in [6, 6.07) is 32.3. The fourth-order valence-electron chi connectivity index (χ4n) is 4.85. The zero-order valence-corrected chi connectivity index (χ0v) is 23.6. The maximum absolute atomic E-state index is 8.16. The average molecular weight is 505 g/mol. The van der Waals surface area contributed by atoms with Crippen molar-refractivity contribution < 1.29 is 0 Å². The molecule has 0 aliphatic carbocycles. The topological polar surface area (TPSA) is 0 Å². The van der Waals surface area contributed by atoms with Crippen molar-refractivity contribution in [1.82, 2.24) is 0 Å². The van der Waals surface area contributed by atoms with Gasteiger partial charge in [-0.05, 0) is 0 Å². The molecule has 0 spiro atoms. The van der Waals surface area contributed by atoms with Gasteiger partial charge in [-0.15, -0.1) is 0 Å². The molecule has 0 aliphatic heterocycles. The summed E-state index contributed by atoms with van der Waals surface area (Å²) in [5, 5.41) is 3.67. The first-order valence-electron chi connectivity index (χ1n) is 13.1. The van der Waals surface area contributed by atoms with Gasteiger partial charge in [0.25, 0.3) is 0 Å². The molecule has 0 nitrogen and oxygen atoms in total. The summed E-state index contributed by atoms with van der Waals surface area (Å²) >= 11 is 8.16. The zero-order valence-electron chi connectivity index (χ0n) is 22.0. The Kier molecular flexibility index (Phi) is 9.97. The minimum absolute atomic E-state index is 0.791. The Balaban J connectivity index is 1.92. The van der Waals surface area contributed by atoms with Crippen LogP contribution in [0.15, 0.2) is 114 Å². The van der Waals surface area contributed by atoms with Crippen LogP contribution < -0.4 is 15.9 Å². The van der Waals surface area contributed by atoms with E-state index in [1.807, 2.05) is 0 Å². The fourth-order valence-corrected chi connectivity index (χ4v) is 10.6. The van der Waals surface area contributed by atoms with E-state index in [1.54, 1.807) is 0 Å². The predicted octanol–water partition coefficient (Wildman–Crippen LogP) is 9.17. The van der Waals surface area contributed by atoms with Crippen LogP contribution in [0.2, 0.25) is 0 Å². The van der Waals surface area contributed by atoms with E-state index in [9.17, 15) is 0 Å². The van der Waals surface area contributed by atoms with E-state index in [0.717, 1.165) is 24.9 Å². The van der Waals surface area contributed by atoms with Gasteiger partial charge in [-0.2, -0.15) is 0 Å². The maximum atomic E-state index is 8.16. The van der Waals surface area contributed by atoms with Crippen molar-refractivity contribution in [3.63, 3.8) is 0 Å². The Labute approximate surface area is 218 Å². The third kappa shape index (κ3) is 6.75. The number of hydrogen-bond acceptors (Lipinski definition) is 0. The third-order valence-corrected chi connectivity index (χ3v) is 14.2. The molecule has 3 aromatic carbocycles. The summed E-state index contributed by atoms with van der Waals surface area (Å²) in [5.74, 6) is -2.42. The van der Waals surface area contributed by atoms with Gasteiger partial charge in [0.2, 0.25) is 0 Å². The van der Waals surface area contributed by atoms with Crippen molar-refractivity contribution in [2.75, 3.05) is 6.16 Å². The van der Waals surface area contributed by atoms with Crippen LogP contribution in [0.5, 0.6) is 0 Å². The van der Waals surface area contributed by atoms with Crippen LogP contribution >= 0.6 is 17.2 Å². The molecule has 0 aliphatic rings. The molecule has 3 aromatic rings. The minimum atomic E-state index is -3.21. The first-order chi connectivity index (χ1) is 16.8. The molecule has 0 atom stereocenters. The summed E-state index contributed by atoms with van der Waals surface area (Å²) in [6.07, 6.45) is 11.7. The second-order valence-corrected chi connectivity index (χ2v) is 16.8. The van der Waals surface area contributed by atoms with Crippen LogP contribution in [-0.4, -0.2) is 6.16 Å². The summed E-state index contributed by atoms with van der Waals surface area (Å²) < 4.78 is 0. The van der Waals surface area contributed by atoms with Crippen LogP contribution in [0.4, 0.5) is 0 Å². The molecule has 0 aromatic heterocycles.